The Balaban J connectivity index is 2.78. The van der Waals surface area contributed by atoms with Crippen molar-refractivity contribution < 1.29 is 13.2 Å². The molecular weight excluding hydrogens is 338 g/mol. The van der Waals surface area contributed by atoms with Gasteiger partial charge < -0.3 is 4.74 Å². The van der Waals surface area contributed by atoms with Gasteiger partial charge in [0.15, 0.2) is 3.07 Å². The second kappa shape index (κ2) is 4.78. The van der Waals surface area contributed by atoms with Crippen molar-refractivity contribution in [1.29, 1.82) is 0 Å². The van der Waals surface area contributed by atoms with Crippen molar-refractivity contribution in [2.45, 2.75) is 29.1 Å². The van der Waals surface area contributed by atoms with E-state index in [2.05, 4.69) is 31.9 Å². The number of morpholine rings is 1. The van der Waals surface area contributed by atoms with Crippen molar-refractivity contribution in [3.05, 3.63) is 0 Å². The van der Waals surface area contributed by atoms with Gasteiger partial charge in [0, 0.05) is 13.1 Å². The Hall–Kier alpha value is 0.830. The van der Waals surface area contributed by atoms with Gasteiger partial charge in [0.05, 0.1) is 12.2 Å². The van der Waals surface area contributed by atoms with Crippen LogP contribution in [0.5, 0.6) is 0 Å². The molecule has 2 atom stereocenters. The molecular formula is C7H13Br2NO3S. The summed E-state index contributed by atoms with van der Waals surface area (Å²) in [6, 6.07) is 0. The topological polar surface area (TPSA) is 46.6 Å². The normalized spacial score (nSPS) is 30.9. The van der Waals surface area contributed by atoms with Gasteiger partial charge in [0.25, 0.3) is 0 Å². The number of hydrogen-bond donors (Lipinski definition) is 0. The number of hydrogen-bond acceptors (Lipinski definition) is 3. The molecule has 0 amide bonds. The molecule has 1 rings (SSSR count). The summed E-state index contributed by atoms with van der Waals surface area (Å²) in [6.45, 7) is 4.58. The third-order valence-electron chi connectivity index (χ3n) is 1.97. The van der Waals surface area contributed by atoms with Gasteiger partial charge in [0.2, 0.25) is 10.0 Å². The van der Waals surface area contributed by atoms with E-state index in [1.165, 1.54) is 4.31 Å². The van der Waals surface area contributed by atoms with Crippen LogP contribution in [0.1, 0.15) is 13.8 Å². The number of nitrogens with zero attached hydrogens (tertiary/aromatic N) is 1. The van der Waals surface area contributed by atoms with E-state index in [1.807, 2.05) is 13.8 Å². The largest absolute Gasteiger partial charge is 0.373 e. The fourth-order valence-electron chi connectivity index (χ4n) is 1.45. The molecule has 4 nitrogen and oxygen atoms in total. The van der Waals surface area contributed by atoms with Gasteiger partial charge in [-0.05, 0) is 13.8 Å². The van der Waals surface area contributed by atoms with Crippen LogP contribution < -0.4 is 0 Å². The molecule has 1 aliphatic heterocycles. The zero-order valence-electron chi connectivity index (χ0n) is 7.98. The van der Waals surface area contributed by atoms with Crippen molar-refractivity contribution >= 4 is 41.9 Å². The van der Waals surface area contributed by atoms with Crippen molar-refractivity contribution in [3.8, 4) is 0 Å². The Kier molecular flexibility index (Phi) is 4.40. The summed E-state index contributed by atoms with van der Waals surface area (Å²) in [4.78, 5) is 0. The highest BCUT2D eigenvalue weighted by atomic mass is 79.9. The molecule has 0 aromatic carbocycles. The fourth-order valence-corrected chi connectivity index (χ4v) is 3.93. The van der Waals surface area contributed by atoms with E-state index in [0.29, 0.717) is 13.1 Å². The number of alkyl halides is 2. The Labute approximate surface area is 101 Å². The highest BCUT2D eigenvalue weighted by molar-refractivity contribution is 9.27. The molecule has 1 aliphatic rings. The van der Waals surface area contributed by atoms with Crippen LogP contribution in [0.15, 0.2) is 0 Å². The van der Waals surface area contributed by atoms with E-state index in [4.69, 9.17) is 4.74 Å². The predicted molar refractivity (Wildman–Crippen MR) is 62.1 cm³/mol. The summed E-state index contributed by atoms with van der Waals surface area (Å²) in [5.74, 6) is 0. The van der Waals surface area contributed by atoms with Crippen LogP contribution in [-0.2, 0) is 14.8 Å². The Morgan fingerprint density at radius 3 is 2.07 bits per heavy atom. The maximum Gasteiger partial charge on any atom is 0.237 e. The molecule has 0 spiro atoms. The summed E-state index contributed by atoms with van der Waals surface area (Å²) in [5, 5.41) is 0. The summed E-state index contributed by atoms with van der Waals surface area (Å²) < 4.78 is 29.7. The lowest BCUT2D eigenvalue weighted by Crippen LogP contribution is -2.49. The van der Waals surface area contributed by atoms with Gasteiger partial charge in [-0.3, -0.25) is 0 Å². The van der Waals surface area contributed by atoms with Crippen LogP contribution in [0.4, 0.5) is 0 Å². The number of halogens is 2. The Morgan fingerprint density at radius 1 is 1.29 bits per heavy atom. The summed E-state index contributed by atoms with van der Waals surface area (Å²) in [5.41, 5.74) is 0. The standard InChI is InChI=1S/C7H13Br2NO3S/c1-5-3-10(4-6(2)13-5)14(11,12)7(8)9/h5-7H,3-4H2,1-2H3. The van der Waals surface area contributed by atoms with Crippen LogP contribution >= 0.6 is 31.9 Å². The first-order valence-electron chi connectivity index (χ1n) is 4.26. The van der Waals surface area contributed by atoms with Gasteiger partial charge >= 0.3 is 0 Å². The molecule has 1 saturated heterocycles. The molecule has 0 aliphatic carbocycles. The Morgan fingerprint density at radius 2 is 1.71 bits per heavy atom. The molecule has 0 aromatic heterocycles. The lowest BCUT2D eigenvalue weighted by Gasteiger charge is -2.34. The van der Waals surface area contributed by atoms with Crippen LogP contribution in [0, 0.1) is 0 Å². The quantitative estimate of drug-likeness (QED) is 0.709. The molecule has 1 fully saturated rings. The minimum atomic E-state index is -3.28. The minimum Gasteiger partial charge on any atom is -0.373 e. The molecule has 2 unspecified atom stereocenters. The minimum absolute atomic E-state index is 0.0488. The second-order valence-electron chi connectivity index (χ2n) is 3.38. The number of rotatable bonds is 2. The SMILES string of the molecule is CC1CN(S(=O)(=O)C(Br)Br)CC(C)O1. The molecule has 1 heterocycles. The number of sulfonamides is 1. The molecule has 7 heteroatoms. The monoisotopic (exact) mass is 349 g/mol. The zero-order valence-corrected chi connectivity index (χ0v) is 12.0. The van der Waals surface area contributed by atoms with Gasteiger partial charge in [-0.25, -0.2) is 8.42 Å². The lowest BCUT2D eigenvalue weighted by molar-refractivity contribution is -0.0439. The average molecular weight is 351 g/mol. The van der Waals surface area contributed by atoms with Gasteiger partial charge in [-0.2, -0.15) is 4.31 Å². The van der Waals surface area contributed by atoms with Gasteiger partial charge in [0.1, 0.15) is 0 Å². The molecule has 0 saturated carbocycles. The van der Waals surface area contributed by atoms with Crippen LogP contribution in [-0.4, -0.2) is 41.1 Å². The second-order valence-corrected chi connectivity index (χ2v) is 9.67. The van der Waals surface area contributed by atoms with Crippen LogP contribution in [0.25, 0.3) is 0 Å². The van der Waals surface area contributed by atoms with E-state index in [-0.39, 0.29) is 12.2 Å². The van der Waals surface area contributed by atoms with E-state index >= 15 is 0 Å². The van der Waals surface area contributed by atoms with E-state index < -0.39 is 13.1 Å². The van der Waals surface area contributed by atoms with Crippen LogP contribution in [0.2, 0.25) is 0 Å². The predicted octanol–water partition coefficient (Wildman–Crippen LogP) is 1.50. The smallest absolute Gasteiger partial charge is 0.237 e. The van der Waals surface area contributed by atoms with Crippen molar-refractivity contribution in [2.75, 3.05) is 13.1 Å². The third kappa shape index (κ3) is 2.91. The summed E-state index contributed by atoms with van der Waals surface area (Å²) >= 11 is 6.04. The highest BCUT2D eigenvalue weighted by Crippen LogP contribution is 2.24. The molecule has 0 radical (unpaired) electrons. The van der Waals surface area contributed by atoms with Crippen molar-refractivity contribution in [2.24, 2.45) is 0 Å². The molecule has 0 bridgehead atoms. The van der Waals surface area contributed by atoms with Gasteiger partial charge in [-0.1, -0.05) is 31.9 Å². The summed E-state index contributed by atoms with van der Waals surface area (Å²) in [7, 11) is -3.28. The van der Waals surface area contributed by atoms with Gasteiger partial charge in [-0.15, -0.1) is 0 Å². The Bertz CT molecular complexity index is 283. The first kappa shape index (κ1) is 12.9. The zero-order chi connectivity index (χ0) is 10.9. The maximum absolute atomic E-state index is 11.8. The lowest BCUT2D eigenvalue weighted by atomic mass is 10.3. The highest BCUT2D eigenvalue weighted by Gasteiger charge is 2.34. The number of ether oxygens (including phenoxy) is 1. The third-order valence-corrected chi connectivity index (χ3v) is 6.27. The molecule has 0 N–H and O–H groups in total. The van der Waals surface area contributed by atoms with Crippen molar-refractivity contribution in [1.82, 2.24) is 4.31 Å². The average Bonchev–Trinajstić information content (AvgIpc) is 2.01. The molecule has 0 aromatic rings. The molecule has 84 valence electrons. The maximum atomic E-state index is 11.8. The summed E-state index contributed by atoms with van der Waals surface area (Å²) in [6.07, 6.45) is -0.0976. The first-order chi connectivity index (χ1) is 6.34. The first-order valence-corrected chi connectivity index (χ1v) is 7.60. The van der Waals surface area contributed by atoms with Crippen LogP contribution in [0.3, 0.4) is 0 Å². The van der Waals surface area contributed by atoms with Crippen molar-refractivity contribution in [3.63, 3.8) is 0 Å². The van der Waals surface area contributed by atoms with E-state index in [0.717, 1.165) is 0 Å². The molecule has 14 heavy (non-hydrogen) atoms. The van der Waals surface area contributed by atoms with E-state index in [9.17, 15) is 8.42 Å². The fraction of sp³-hybridized carbons (Fsp3) is 1.00. The van der Waals surface area contributed by atoms with E-state index in [1.54, 1.807) is 0 Å².